The first kappa shape index (κ1) is 17.7. The van der Waals surface area contributed by atoms with Gasteiger partial charge in [-0.2, -0.15) is 18.3 Å². The number of anilines is 2. The van der Waals surface area contributed by atoms with Gasteiger partial charge in [0.25, 0.3) is 0 Å². The van der Waals surface area contributed by atoms with E-state index < -0.39 is 17.6 Å². The summed E-state index contributed by atoms with van der Waals surface area (Å²) in [4.78, 5) is 8.31. The molecule has 0 bridgehead atoms. The number of benzene rings is 1. The third-order valence-corrected chi connectivity index (χ3v) is 4.59. The fraction of sp³-hybridized carbons (Fsp3) is 0.353. The van der Waals surface area contributed by atoms with Gasteiger partial charge in [-0.15, -0.1) is 0 Å². The molecule has 2 aromatic heterocycles. The van der Waals surface area contributed by atoms with E-state index in [-0.39, 0.29) is 17.5 Å². The molecule has 0 amide bonds. The molecule has 142 valence electrons. The Balaban J connectivity index is 1.70. The highest BCUT2D eigenvalue weighted by molar-refractivity contribution is 5.88. The van der Waals surface area contributed by atoms with Gasteiger partial charge in [0, 0.05) is 0 Å². The number of nitrogens with one attached hydrogen (secondary N) is 2. The molecule has 0 aliphatic carbocycles. The topological polar surface area (TPSA) is 67.7 Å². The van der Waals surface area contributed by atoms with Crippen molar-refractivity contribution in [2.75, 3.05) is 18.4 Å². The van der Waals surface area contributed by atoms with Crippen LogP contribution < -0.4 is 10.6 Å². The van der Waals surface area contributed by atoms with Crippen molar-refractivity contribution in [3.05, 3.63) is 42.1 Å². The molecule has 0 saturated carbocycles. The summed E-state index contributed by atoms with van der Waals surface area (Å²) in [5, 5.41) is 10.8. The Morgan fingerprint density at radius 1 is 1.15 bits per heavy atom. The number of aromatic nitrogens is 4. The molecule has 0 spiro atoms. The van der Waals surface area contributed by atoms with Crippen molar-refractivity contribution in [2.24, 2.45) is 0 Å². The van der Waals surface area contributed by atoms with Crippen molar-refractivity contribution in [1.29, 1.82) is 0 Å². The Hall–Kier alpha value is -2.75. The summed E-state index contributed by atoms with van der Waals surface area (Å²) >= 11 is 0. The molecule has 4 rings (SSSR count). The Kier molecular flexibility index (Phi) is 4.42. The van der Waals surface area contributed by atoms with Crippen LogP contribution in [0.1, 0.15) is 24.4 Å². The van der Waals surface area contributed by atoms with E-state index >= 15 is 0 Å². The summed E-state index contributed by atoms with van der Waals surface area (Å²) in [5.41, 5.74) is -0.687. The SMILES string of the molecule is Fc1ccc(C(F)(F)F)cc1Nc1ncnc2c1cnn2C1CCNCC1. The van der Waals surface area contributed by atoms with Crippen LogP contribution >= 0.6 is 0 Å². The van der Waals surface area contributed by atoms with E-state index in [1.807, 2.05) is 0 Å². The average molecular weight is 380 g/mol. The van der Waals surface area contributed by atoms with Crippen LogP contribution in [0, 0.1) is 5.82 Å². The number of halogens is 4. The van der Waals surface area contributed by atoms with Crippen molar-refractivity contribution in [2.45, 2.75) is 25.1 Å². The smallest absolute Gasteiger partial charge is 0.337 e. The molecule has 1 saturated heterocycles. The molecule has 27 heavy (non-hydrogen) atoms. The van der Waals surface area contributed by atoms with E-state index in [0.717, 1.165) is 38.1 Å². The number of alkyl halides is 3. The van der Waals surface area contributed by atoms with E-state index in [4.69, 9.17) is 0 Å². The zero-order chi connectivity index (χ0) is 19.0. The van der Waals surface area contributed by atoms with Gasteiger partial charge in [0.1, 0.15) is 18.0 Å². The first-order valence-corrected chi connectivity index (χ1v) is 8.46. The highest BCUT2D eigenvalue weighted by Gasteiger charge is 2.31. The summed E-state index contributed by atoms with van der Waals surface area (Å²) in [5.74, 6) is -0.598. The molecule has 0 unspecified atom stereocenters. The molecule has 1 aliphatic heterocycles. The number of hydrogen-bond donors (Lipinski definition) is 2. The molecular weight excluding hydrogens is 364 g/mol. The summed E-state index contributed by atoms with van der Waals surface area (Å²) in [6.07, 6.45) is 0.0588. The monoisotopic (exact) mass is 380 g/mol. The predicted molar refractivity (Wildman–Crippen MR) is 91.1 cm³/mol. The lowest BCUT2D eigenvalue weighted by atomic mass is 10.1. The van der Waals surface area contributed by atoms with Gasteiger partial charge >= 0.3 is 6.18 Å². The van der Waals surface area contributed by atoms with E-state index in [0.29, 0.717) is 17.1 Å². The van der Waals surface area contributed by atoms with Crippen LogP contribution in [0.15, 0.2) is 30.7 Å². The minimum Gasteiger partial charge on any atom is -0.337 e. The lowest BCUT2D eigenvalue weighted by molar-refractivity contribution is -0.137. The molecule has 1 aliphatic rings. The third kappa shape index (κ3) is 3.44. The Bertz CT molecular complexity index is 962. The second kappa shape index (κ2) is 6.76. The Morgan fingerprint density at radius 3 is 2.67 bits per heavy atom. The standard InChI is InChI=1S/C17H16F4N6/c18-13-2-1-10(17(19,20)21)7-14(13)26-15-12-8-25-27(16(12)24-9-23-15)11-3-5-22-6-4-11/h1-2,7-9,11,22H,3-6H2,(H,23,24,26). The maximum Gasteiger partial charge on any atom is 0.416 e. The van der Waals surface area contributed by atoms with Crippen LogP contribution in [0.4, 0.5) is 29.1 Å². The fourth-order valence-corrected chi connectivity index (χ4v) is 3.21. The van der Waals surface area contributed by atoms with Gasteiger partial charge in [-0.1, -0.05) is 0 Å². The fourth-order valence-electron chi connectivity index (χ4n) is 3.21. The van der Waals surface area contributed by atoms with Gasteiger partial charge in [-0.25, -0.2) is 19.0 Å². The van der Waals surface area contributed by atoms with Crippen molar-refractivity contribution < 1.29 is 17.6 Å². The summed E-state index contributed by atoms with van der Waals surface area (Å²) in [6.45, 7) is 1.75. The molecule has 6 nitrogen and oxygen atoms in total. The van der Waals surface area contributed by atoms with Crippen LogP contribution in [0.3, 0.4) is 0 Å². The first-order chi connectivity index (χ1) is 12.9. The highest BCUT2D eigenvalue weighted by atomic mass is 19.4. The van der Waals surface area contributed by atoms with E-state index in [9.17, 15) is 17.6 Å². The third-order valence-electron chi connectivity index (χ3n) is 4.59. The summed E-state index contributed by atoms with van der Waals surface area (Å²) in [6, 6.07) is 2.38. The van der Waals surface area contributed by atoms with Gasteiger partial charge in [0.05, 0.1) is 28.9 Å². The van der Waals surface area contributed by atoms with Gasteiger partial charge in [-0.3, -0.25) is 0 Å². The molecule has 1 aromatic carbocycles. The molecule has 2 N–H and O–H groups in total. The predicted octanol–water partition coefficient (Wildman–Crippen LogP) is 3.65. The average Bonchev–Trinajstić information content (AvgIpc) is 3.08. The molecule has 0 radical (unpaired) electrons. The second-order valence-corrected chi connectivity index (χ2v) is 6.35. The van der Waals surface area contributed by atoms with Crippen molar-refractivity contribution in [3.8, 4) is 0 Å². The van der Waals surface area contributed by atoms with Crippen molar-refractivity contribution >= 4 is 22.5 Å². The summed E-state index contributed by atoms with van der Waals surface area (Å²) < 4.78 is 54.6. The zero-order valence-electron chi connectivity index (χ0n) is 14.1. The lowest BCUT2D eigenvalue weighted by Crippen LogP contribution is -2.29. The van der Waals surface area contributed by atoms with E-state index in [1.165, 1.54) is 6.33 Å². The molecule has 3 aromatic rings. The largest absolute Gasteiger partial charge is 0.416 e. The van der Waals surface area contributed by atoms with Crippen LogP contribution in [0.25, 0.3) is 11.0 Å². The molecular formula is C17H16F4N6. The molecule has 0 atom stereocenters. The minimum absolute atomic E-state index is 0.178. The highest BCUT2D eigenvalue weighted by Crippen LogP contribution is 2.33. The van der Waals surface area contributed by atoms with Gasteiger partial charge in [0.2, 0.25) is 0 Å². The van der Waals surface area contributed by atoms with Crippen LogP contribution in [-0.2, 0) is 6.18 Å². The van der Waals surface area contributed by atoms with E-state index in [2.05, 4.69) is 25.7 Å². The minimum atomic E-state index is -4.56. The molecule has 1 fully saturated rings. The molecule has 10 heteroatoms. The lowest BCUT2D eigenvalue weighted by Gasteiger charge is -2.23. The van der Waals surface area contributed by atoms with Crippen LogP contribution in [0.5, 0.6) is 0 Å². The maximum absolute atomic E-state index is 14.0. The van der Waals surface area contributed by atoms with Crippen molar-refractivity contribution in [1.82, 2.24) is 25.1 Å². The van der Waals surface area contributed by atoms with Gasteiger partial charge in [0.15, 0.2) is 5.65 Å². The molecule has 3 heterocycles. The maximum atomic E-state index is 14.0. The quantitative estimate of drug-likeness (QED) is 0.679. The number of fused-ring (bicyclic) bond motifs is 1. The second-order valence-electron chi connectivity index (χ2n) is 6.35. The van der Waals surface area contributed by atoms with Gasteiger partial charge in [-0.05, 0) is 44.1 Å². The Labute approximate surface area is 151 Å². The Morgan fingerprint density at radius 2 is 1.93 bits per heavy atom. The van der Waals surface area contributed by atoms with Crippen molar-refractivity contribution in [3.63, 3.8) is 0 Å². The first-order valence-electron chi connectivity index (χ1n) is 8.46. The normalized spacial score (nSPS) is 16.0. The summed E-state index contributed by atoms with van der Waals surface area (Å²) in [7, 11) is 0. The zero-order valence-corrected chi connectivity index (χ0v) is 14.1. The van der Waals surface area contributed by atoms with Crippen LogP contribution in [-0.4, -0.2) is 32.8 Å². The van der Waals surface area contributed by atoms with Gasteiger partial charge < -0.3 is 10.6 Å². The number of piperidine rings is 1. The number of hydrogen-bond acceptors (Lipinski definition) is 5. The number of nitrogens with zero attached hydrogens (tertiary/aromatic N) is 4. The van der Waals surface area contributed by atoms with Crippen LogP contribution in [0.2, 0.25) is 0 Å². The van der Waals surface area contributed by atoms with E-state index in [1.54, 1.807) is 10.9 Å². The number of rotatable bonds is 3.